The van der Waals surface area contributed by atoms with Gasteiger partial charge in [-0.1, -0.05) is 0 Å². The molecule has 5 nitrogen and oxygen atoms in total. The minimum atomic E-state index is -4.23. The number of anilines is 1. The molecule has 1 aliphatic heterocycles. The average Bonchev–Trinajstić information content (AvgIpc) is 3.28. The maximum absolute atomic E-state index is 12.8. The molecule has 2 aliphatic rings. The van der Waals surface area contributed by atoms with Gasteiger partial charge >= 0.3 is 12.3 Å². The molecule has 1 atom stereocenters. The second kappa shape index (κ2) is 9.25. The molecular formula is C16H21Cl2F4N3O2. The molecule has 2 heterocycles. The third-order valence-corrected chi connectivity index (χ3v) is 4.84. The van der Waals surface area contributed by atoms with E-state index in [4.69, 9.17) is 0 Å². The summed E-state index contributed by atoms with van der Waals surface area (Å²) in [6, 6.07) is 2.70. The minimum Gasteiger partial charge on any atom is -0.471 e. The number of carbonyl (C=O) groups is 1. The molecule has 1 amide bonds. The number of nitrogens with zero attached hydrogens (tertiary/aromatic N) is 1. The Kier molecular flexibility index (Phi) is 8.13. The SMILES string of the molecule is Cl.Cl.O=C(Nc1ccc(OCC(F)(F)C(F)F)nc1)C1CC12CCNCC2. The molecule has 1 unspecified atom stereocenters. The van der Waals surface area contributed by atoms with E-state index >= 15 is 0 Å². The molecule has 1 aromatic rings. The Morgan fingerprint density at radius 3 is 2.56 bits per heavy atom. The smallest absolute Gasteiger partial charge is 0.340 e. The summed E-state index contributed by atoms with van der Waals surface area (Å²) in [5, 5.41) is 6.02. The van der Waals surface area contributed by atoms with Crippen molar-refractivity contribution < 1.29 is 27.1 Å². The van der Waals surface area contributed by atoms with Crippen LogP contribution in [0.1, 0.15) is 19.3 Å². The van der Waals surface area contributed by atoms with Crippen molar-refractivity contribution in [2.75, 3.05) is 25.0 Å². The largest absolute Gasteiger partial charge is 0.471 e. The van der Waals surface area contributed by atoms with Gasteiger partial charge < -0.3 is 15.4 Å². The van der Waals surface area contributed by atoms with Gasteiger partial charge in [-0.25, -0.2) is 13.8 Å². The highest BCUT2D eigenvalue weighted by Crippen LogP contribution is 2.58. The number of amides is 1. The fourth-order valence-corrected chi connectivity index (χ4v) is 3.20. The first kappa shape index (κ1) is 23.7. The summed E-state index contributed by atoms with van der Waals surface area (Å²) >= 11 is 0. The second-order valence-electron chi connectivity index (χ2n) is 6.59. The van der Waals surface area contributed by atoms with Crippen LogP contribution in [0.3, 0.4) is 0 Å². The highest BCUT2D eigenvalue weighted by atomic mass is 35.5. The van der Waals surface area contributed by atoms with Crippen LogP contribution in [0.5, 0.6) is 5.88 Å². The molecule has 27 heavy (non-hydrogen) atoms. The summed E-state index contributed by atoms with van der Waals surface area (Å²) < 4.78 is 54.3. The lowest BCUT2D eigenvalue weighted by Crippen LogP contribution is -2.33. The standard InChI is InChI=1S/C16H19F4N3O2.2ClH/c17-14(18)16(19,20)9-25-12-2-1-10(8-22-12)23-13(24)11-7-15(11)3-5-21-6-4-15;;/h1-2,8,11,14,21H,3-7,9H2,(H,23,24);2*1H. The zero-order valence-electron chi connectivity index (χ0n) is 14.2. The van der Waals surface area contributed by atoms with E-state index in [1.54, 1.807) is 0 Å². The van der Waals surface area contributed by atoms with Crippen molar-refractivity contribution in [3.8, 4) is 5.88 Å². The quantitative estimate of drug-likeness (QED) is 0.673. The van der Waals surface area contributed by atoms with Crippen LogP contribution >= 0.6 is 24.8 Å². The number of ether oxygens (including phenoxy) is 1. The average molecular weight is 434 g/mol. The first-order valence-electron chi connectivity index (χ1n) is 8.09. The Balaban J connectivity index is 0.00000182. The second-order valence-corrected chi connectivity index (χ2v) is 6.59. The van der Waals surface area contributed by atoms with E-state index in [1.807, 2.05) is 0 Å². The van der Waals surface area contributed by atoms with Crippen molar-refractivity contribution in [1.29, 1.82) is 0 Å². The van der Waals surface area contributed by atoms with Gasteiger partial charge in [0.15, 0.2) is 6.61 Å². The van der Waals surface area contributed by atoms with Crippen molar-refractivity contribution in [3.05, 3.63) is 18.3 Å². The van der Waals surface area contributed by atoms with Crippen LogP contribution in [0.15, 0.2) is 18.3 Å². The van der Waals surface area contributed by atoms with Gasteiger partial charge in [-0.3, -0.25) is 4.79 Å². The molecule has 2 N–H and O–H groups in total. The minimum absolute atomic E-state index is 0. The van der Waals surface area contributed by atoms with Gasteiger partial charge in [0.1, 0.15) is 0 Å². The normalized spacial score (nSPS) is 20.4. The molecule has 11 heteroatoms. The predicted molar refractivity (Wildman–Crippen MR) is 96.5 cm³/mol. The molecule has 1 aromatic heterocycles. The number of aromatic nitrogens is 1. The number of rotatable bonds is 6. The van der Waals surface area contributed by atoms with E-state index in [2.05, 4.69) is 20.4 Å². The number of nitrogens with one attached hydrogen (secondary N) is 2. The molecule has 0 bridgehead atoms. The molecule has 1 saturated carbocycles. The summed E-state index contributed by atoms with van der Waals surface area (Å²) in [5.74, 6) is -4.54. The predicted octanol–water partition coefficient (Wildman–Crippen LogP) is 3.53. The monoisotopic (exact) mass is 433 g/mol. The zero-order valence-corrected chi connectivity index (χ0v) is 15.9. The number of halogens is 6. The Bertz CT molecular complexity index is 629. The molecular weight excluding hydrogens is 413 g/mol. The van der Waals surface area contributed by atoms with Crippen molar-refractivity contribution >= 4 is 36.4 Å². The Morgan fingerprint density at radius 1 is 1.33 bits per heavy atom. The van der Waals surface area contributed by atoms with E-state index < -0.39 is 19.0 Å². The van der Waals surface area contributed by atoms with Crippen LogP contribution in [0, 0.1) is 11.3 Å². The van der Waals surface area contributed by atoms with Crippen LogP contribution < -0.4 is 15.4 Å². The van der Waals surface area contributed by atoms with E-state index in [1.165, 1.54) is 18.3 Å². The molecule has 1 saturated heterocycles. The molecule has 0 radical (unpaired) electrons. The van der Waals surface area contributed by atoms with Gasteiger partial charge in [0.2, 0.25) is 11.8 Å². The Hall–Kier alpha value is -1.32. The van der Waals surface area contributed by atoms with Gasteiger partial charge in [0.05, 0.1) is 11.9 Å². The fourth-order valence-electron chi connectivity index (χ4n) is 3.20. The van der Waals surface area contributed by atoms with Crippen molar-refractivity contribution in [2.24, 2.45) is 11.3 Å². The summed E-state index contributed by atoms with van der Waals surface area (Å²) in [7, 11) is 0. The first-order valence-corrected chi connectivity index (χ1v) is 8.09. The van der Waals surface area contributed by atoms with E-state index in [0.29, 0.717) is 5.69 Å². The molecule has 1 spiro atoms. The van der Waals surface area contributed by atoms with Crippen LogP contribution in [0.4, 0.5) is 23.2 Å². The lowest BCUT2D eigenvalue weighted by Gasteiger charge is -2.23. The van der Waals surface area contributed by atoms with E-state index in [0.717, 1.165) is 32.4 Å². The highest BCUT2D eigenvalue weighted by molar-refractivity contribution is 5.95. The number of pyridine rings is 1. The van der Waals surface area contributed by atoms with Crippen molar-refractivity contribution in [2.45, 2.75) is 31.6 Å². The van der Waals surface area contributed by atoms with Crippen LogP contribution in [-0.4, -0.2) is 42.9 Å². The number of carbonyl (C=O) groups excluding carboxylic acids is 1. The van der Waals surface area contributed by atoms with Crippen LogP contribution in [-0.2, 0) is 4.79 Å². The molecule has 3 rings (SSSR count). The van der Waals surface area contributed by atoms with Gasteiger partial charge in [0, 0.05) is 12.0 Å². The Labute approximate surface area is 166 Å². The number of piperidine rings is 1. The van der Waals surface area contributed by atoms with Crippen molar-refractivity contribution in [1.82, 2.24) is 10.3 Å². The molecule has 2 fully saturated rings. The number of alkyl halides is 4. The maximum Gasteiger partial charge on any atom is 0.340 e. The van der Waals surface area contributed by atoms with Crippen molar-refractivity contribution in [3.63, 3.8) is 0 Å². The molecule has 1 aliphatic carbocycles. The maximum atomic E-state index is 12.8. The summed E-state index contributed by atoms with van der Waals surface area (Å²) in [6.45, 7) is 0.378. The lowest BCUT2D eigenvalue weighted by molar-refractivity contribution is -0.148. The summed E-state index contributed by atoms with van der Waals surface area (Å²) in [6.07, 6.45) is 0.290. The topological polar surface area (TPSA) is 63.2 Å². The first-order chi connectivity index (χ1) is 11.8. The fraction of sp³-hybridized carbons (Fsp3) is 0.625. The van der Waals surface area contributed by atoms with Gasteiger partial charge in [0.25, 0.3) is 0 Å². The number of hydrogen-bond donors (Lipinski definition) is 2. The lowest BCUT2D eigenvalue weighted by atomic mass is 9.92. The van der Waals surface area contributed by atoms with Gasteiger partial charge in [-0.05, 0) is 43.8 Å². The van der Waals surface area contributed by atoms with E-state index in [9.17, 15) is 22.4 Å². The van der Waals surface area contributed by atoms with Gasteiger partial charge in [-0.2, -0.15) is 8.78 Å². The third kappa shape index (κ3) is 5.58. The molecule has 0 aromatic carbocycles. The molecule has 154 valence electrons. The summed E-state index contributed by atoms with van der Waals surface area (Å²) in [4.78, 5) is 16.0. The van der Waals surface area contributed by atoms with E-state index in [-0.39, 0.29) is 47.9 Å². The van der Waals surface area contributed by atoms with Gasteiger partial charge in [-0.15, -0.1) is 24.8 Å². The zero-order chi connectivity index (χ0) is 18.1. The third-order valence-electron chi connectivity index (χ3n) is 4.84. The Morgan fingerprint density at radius 2 is 2.00 bits per heavy atom. The van der Waals surface area contributed by atoms with Crippen LogP contribution in [0.25, 0.3) is 0 Å². The van der Waals surface area contributed by atoms with Crippen LogP contribution in [0.2, 0.25) is 0 Å². The highest BCUT2D eigenvalue weighted by Gasteiger charge is 2.57. The summed E-state index contributed by atoms with van der Waals surface area (Å²) in [5.41, 5.74) is 0.515. The number of hydrogen-bond acceptors (Lipinski definition) is 4.